The molecule has 2 aromatic carbocycles. The van der Waals surface area contributed by atoms with E-state index >= 15 is 0 Å². The van der Waals surface area contributed by atoms with Crippen LogP contribution >= 0.6 is 11.6 Å². The average Bonchev–Trinajstić information content (AvgIpc) is 3.33. The lowest BCUT2D eigenvalue weighted by molar-refractivity contribution is 0.193. The number of hydrogen-bond acceptors (Lipinski definition) is 4. The number of amides is 2. The summed E-state index contributed by atoms with van der Waals surface area (Å²) in [5.74, 6) is 0.918. The van der Waals surface area contributed by atoms with Crippen LogP contribution in [-0.4, -0.2) is 27.6 Å². The number of nitrogens with one attached hydrogen (secondary N) is 1. The van der Waals surface area contributed by atoms with Crippen LogP contribution in [0.5, 0.6) is 0 Å². The van der Waals surface area contributed by atoms with Gasteiger partial charge in [-0.2, -0.15) is 4.98 Å². The van der Waals surface area contributed by atoms with Gasteiger partial charge in [0.2, 0.25) is 11.7 Å². The molecule has 7 heteroatoms. The van der Waals surface area contributed by atoms with Crippen LogP contribution in [0.1, 0.15) is 30.3 Å². The molecule has 27 heavy (non-hydrogen) atoms. The molecule has 138 valence electrons. The minimum absolute atomic E-state index is 0.158. The lowest BCUT2D eigenvalue weighted by Gasteiger charge is -2.22. The number of carbonyl (C=O) groups excluding carboxylic acids is 1. The largest absolute Gasteiger partial charge is 0.337 e. The van der Waals surface area contributed by atoms with E-state index in [0.717, 1.165) is 29.7 Å². The van der Waals surface area contributed by atoms with Crippen molar-refractivity contribution in [1.82, 2.24) is 15.0 Å². The molecule has 1 atom stereocenters. The predicted molar refractivity (Wildman–Crippen MR) is 104 cm³/mol. The van der Waals surface area contributed by atoms with E-state index in [9.17, 15) is 4.79 Å². The number of urea groups is 1. The number of halogens is 1. The molecular weight excluding hydrogens is 364 g/mol. The van der Waals surface area contributed by atoms with Crippen molar-refractivity contribution in [2.24, 2.45) is 0 Å². The van der Waals surface area contributed by atoms with Crippen molar-refractivity contribution in [1.29, 1.82) is 0 Å². The Bertz CT molecular complexity index is 972. The number of benzene rings is 2. The van der Waals surface area contributed by atoms with Gasteiger partial charge < -0.3 is 14.7 Å². The fourth-order valence-electron chi connectivity index (χ4n) is 3.28. The molecule has 0 spiro atoms. The van der Waals surface area contributed by atoms with Crippen LogP contribution in [0.2, 0.25) is 5.02 Å². The lowest BCUT2D eigenvalue weighted by Crippen LogP contribution is -2.34. The molecule has 2 heterocycles. The van der Waals surface area contributed by atoms with Crippen LogP contribution in [0.4, 0.5) is 10.5 Å². The lowest BCUT2D eigenvalue weighted by atomic mass is 10.2. The molecule has 0 radical (unpaired) electrons. The SMILES string of the molecule is Cc1ccccc1NC(=O)N1CCCC1c1nc(-c2cccc(Cl)c2)no1. The van der Waals surface area contributed by atoms with E-state index < -0.39 is 0 Å². The van der Waals surface area contributed by atoms with Gasteiger partial charge in [0.05, 0.1) is 0 Å². The zero-order chi connectivity index (χ0) is 18.8. The van der Waals surface area contributed by atoms with E-state index in [1.54, 1.807) is 17.0 Å². The summed E-state index contributed by atoms with van der Waals surface area (Å²) in [6.07, 6.45) is 1.68. The van der Waals surface area contributed by atoms with Gasteiger partial charge in [0.1, 0.15) is 6.04 Å². The summed E-state index contributed by atoms with van der Waals surface area (Å²) in [7, 11) is 0. The fourth-order valence-corrected chi connectivity index (χ4v) is 3.47. The molecule has 0 aliphatic carbocycles. The second-order valence-corrected chi connectivity index (χ2v) is 7.00. The highest BCUT2D eigenvalue weighted by molar-refractivity contribution is 6.30. The number of carbonyl (C=O) groups is 1. The second kappa shape index (κ2) is 7.40. The third-order valence-electron chi connectivity index (χ3n) is 4.71. The second-order valence-electron chi connectivity index (χ2n) is 6.56. The molecule has 1 saturated heterocycles. The first kappa shape index (κ1) is 17.5. The number of hydrogen-bond donors (Lipinski definition) is 1. The van der Waals surface area contributed by atoms with Gasteiger partial charge in [-0.25, -0.2) is 4.79 Å². The Morgan fingerprint density at radius 1 is 1.26 bits per heavy atom. The zero-order valence-corrected chi connectivity index (χ0v) is 15.6. The third-order valence-corrected chi connectivity index (χ3v) is 4.95. The maximum Gasteiger partial charge on any atom is 0.322 e. The van der Waals surface area contributed by atoms with Crippen LogP contribution in [0, 0.1) is 6.92 Å². The summed E-state index contributed by atoms with van der Waals surface area (Å²) in [4.78, 5) is 19.0. The number of aromatic nitrogens is 2. The Hall–Kier alpha value is -2.86. The van der Waals surface area contributed by atoms with Crippen molar-refractivity contribution in [3.8, 4) is 11.4 Å². The molecule has 1 N–H and O–H groups in total. The monoisotopic (exact) mass is 382 g/mol. The molecule has 1 fully saturated rings. The van der Waals surface area contributed by atoms with E-state index in [0.29, 0.717) is 23.3 Å². The van der Waals surface area contributed by atoms with Crippen molar-refractivity contribution in [3.63, 3.8) is 0 Å². The molecular formula is C20H19ClN4O2. The van der Waals surface area contributed by atoms with E-state index in [4.69, 9.17) is 16.1 Å². The molecule has 1 aromatic heterocycles. The van der Waals surface area contributed by atoms with Crippen molar-refractivity contribution in [2.75, 3.05) is 11.9 Å². The van der Waals surface area contributed by atoms with Crippen LogP contribution in [0.3, 0.4) is 0 Å². The molecule has 4 rings (SSSR count). The van der Waals surface area contributed by atoms with Crippen LogP contribution in [-0.2, 0) is 0 Å². The number of nitrogens with zero attached hydrogens (tertiary/aromatic N) is 3. The van der Waals surface area contributed by atoms with Crippen molar-refractivity contribution < 1.29 is 9.32 Å². The zero-order valence-electron chi connectivity index (χ0n) is 14.9. The number of aryl methyl sites for hydroxylation is 1. The van der Waals surface area contributed by atoms with Crippen LogP contribution < -0.4 is 5.32 Å². The highest BCUT2D eigenvalue weighted by Gasteiger charge is 2.34. The molecule has 1 aliphatic heterocycles. The Morgan fingerprint density at radius 2 is 2.11 bits per heavy atom. The van der Waals surface area contributed by atoms with Crippen molar-refractivity contribution >= 4 is 23.3 Å². The Morgan fingerprint density at radius 3 is 2.93 bits per heavy atom. The van der Waals surface area contributed by atoms with Gasteiger partial charge in [-0.15, -0.1) is 0 Å². The summed E-state index contributed by atoms with van der Waals surface area (Å²) in [6, 6.07) is 14.6. The predicted octanol–water partition coefficient (Wildman–Crippen LogP) is 5.07. The van der Waals surface area contributed by atoms with Crippen LogP contribution in [0.25, 0.3) is 11.4 Å². The van der Waals surface area contributed by atoms with Gasteiger partial charge in [-0.1, -0.05) is 47.1 Å². The number of likely N-dealkylation sites (tertiary alicyclic amines) is 1. The maximum atomic E-state index is 12.8. The Labute approximate surface area is 162 Å². The topological polar surface area (TPSA) is 71.3 Å². The summed E-state index contributed by atoms with van der Waals surface area (Å²) in [5, 5.41) is 7.65. The van der Waals surface area contributed by atoms with Gasteiger partial charge in [0.15, 0.2) is 0 Å². The molecule has 0 saturated carbocycles. The molecule has 0 bridgehead atoms. The Balaban J connectivity index is 1.53. The van der Waals surface area contributed by atoms with E-state index in [1.165, 1.54) is 0 Å². The van der Waals surface area contributed by atoms with Gasteiger partial charge in [0.25, 0.3) is 0 Å². The molecule has 1 aliphatic rings. The van der Waals surface area contributed by atoms with E-state index in [1.807, 2.05) is 43.3 Å². The Kier molecular flexibility index (Phi) is 4.81. The standard InChI is InChI=1S/C20H19ClN4O2/c1-13-6-2-3-9-16(13)22-20(26)25-11-5-10-17(25)19-23-18(24-27-19)14-7-4-8-15(21)12-14/h2-4,6-9,12,17H,5,10-11H2,1H3,(H,22,26). The number of rotatable bonds is 3. The molecule has 1 unspecified atom stereocenters. The normalized spacial score (nSPS) is 16.5. The first-order chi connectivity index (χ1) is 13.1. The number of para-hydroxylation sites is 1. The van der Waals surface area contributed by atoms with E-state index in [-0.39, 0.29) is 12.1 Å². The first-order valence-corrected chi connectivity index (χ1v) is 9.22. The summed E-state index contributed by atoms with van der Waals surface area (Å²) < 4.78 is 5.47. The average molecular weight is 383 g/mol. The number of anilines is 1. The minimum Gasteiger partial charge on any atom is -0.337 e. The third kappa shape index (κ3) is 3.66. The fraction of sp³-hybridized carbons (Fsp3) is 0.250. The smallest absolute Gasteiger partial charge is 0.322 e. The van der Waals surface area contributed by atoms with Gasteiger partial charge in [0, 0.05) is 22.8 Å². The first-order valence-electron chi connectivity index (χ1n) is 8.84. The highest BCUT2D eigenvalue weighted by atomic mass is 35.5. The molecule has 2 amide bonds. The summed E-state index contributed by atoms with van der Waals surface area (Å²) >= 11 is 6.04. The maximum absolute atomic E-state index is 12.8. The van der Waals surface area contributed by atoms with Gasteiger partial charge in [-0.3, -0.25) is 0 Å². The summed E-state index contributed by atoms with van der Waals surface area (Å²) in [6.45, 7) is 2.61. The van der Waals surface area contributed by atoms with Crippen molar-refractivity contribution in [2.45, 2.75) is 25.8 Å². The van der Waals surface area contributed by atoms with Gasteiger partial charge in [-0.05, 0) is 43.5 Å². The minimum atomic E-state index is -0.227. The highest BCUT2D eigenvalue weighted by Crippen LogP contribution is 2.33. The van der Waals surface area contributed by atoms with Gasteiger partial charge >= 0.3 is 6.03 Å². The van der Waals surface area contributed by atoms with Crippen molar-refractivity contribution in [3.05, 3.63) is 65.0 Å². The molecule has 3 aromatic rings. The molecule has 6 nitrogen and oxygen atoms in total. The van der Waals surface area contributed by atoms with E-state index in [2.05, 4.69) is 15.5 Å². The quantitative estimate of drug-likeness (QED) is 0.686. The summed E-state index contributed by atoms with van der Waals surface area (Å²) in [5.41, 5.74) is 2.60. The van der Waals surface area contributed by atoms with Crippen LogP contribution in [0.15, 0.2) is 53.1 Å².